The van der Waals surface area contributed by atoms with Gasteiger partial charge in [0.1, 0.15) is 6.04 Å². The number of carboxylic acids is 1. The quantitative estimate of drug-likeness (QED) is 0.534. The molecule has 0 saturated heterocycles. The molecular weight excluding hydrogens is 206 g/mol. The number of methoxy groups -OCH3 is 1. The van der Waals surface area contributed by atoms with Crippen molar-refractivity contribution in [3.05, 3.63) is 0 Å². The highest BCUT2D eigenvalue weighted by molar-refractivity contribution is 5.73. The minimum absolute atomic E-state index is 0.420. The molecule has 0 spiro atoms. The molecule has 0 amide bonds. The Morgan fingerprint density at radius 2 is 2.00 bits per heavy atom. The van der Waals surface area contributed by atoms with Crippen LogP contribution in [0.25, 0.3) is 0 Å². The fourth-order valence-electron chi connectivity index (χ4n) is 1.60. The van der Waals surface area contributed by atoms with E-state index in [2.05, 4.69) is 12.2 Å². The fourth-order valence-corrected chi connectivity index (χ4v) is 1.60. The van der Waals surface area contributed by atoms with Gasteiger partial charge in [-0.15, -0.1) is 0 Å². The van der Waals surface area contributed by atoms with Crippen molar-refractivity contribution < 1.29 is 14.6 Å². The lowest BCUT2D eigenvalue weighted by molar-refractivity contribution is -0.139. The Hall–Kier alpha value is -0.610. The summed E-state index contributed by atoms with van der Waals surface area (Å²) in [4.78, 5) is 10.9. The van der Waals surface area contributed by atoms with E-state index in [0.29, 0.717) is 19.6 Å². The van der Waals surface area contributed by atoms with Crippen LogP contribution in [0.2, 0.25) is 0 Å². The Labute approximate surface area is 98.4 Å². The lowest BCUT2D eigenvalue weighted by atomic mass is 10.1. The van der Waals surface area contributed by atoms with Gasteiger partial charge in [0.25, 0.3) is 0 Å². The summed E-state index contributed by atoms with van der Waals surface area (Å²) in [6, 6.07) is -0.420. The lowest BCUT2D eigenvalue weighted by Gasteiger charge is -2.13. The van der Waals surface area contributed by atoms with Crippen LogP contribution in [0.5, 0.6) is 0 Å². The fraction of sp³-hybridized carbons (Fsp3) is 0.917. The highest BCUT2D eigenvalue weighted by Crippen LogP contribution is 2.07. The standard InChI is InChI=1S/C12H25NO3/c1-3-4-5-6-7-8-11(12(14)15)13-9-10-16-2/h11,13H,3-10H2,1-2H3,(H,14,15). The first kappa shape index (κ1) is 15.4. The van der Waals surface area contributed by atoms with Crippen LogP contribution in [0, 0.1) is 0 Å². The molecule has 0 aliphatic carbocycles. The molecule has 16 heavy (non-hydrogen) atoms. The van der Waals surface area contributed by atoms with Crippen molar-refractivity contribution in [1.29, 1.82) is 0 Å². The molecule has 0 aliphatic heterocycles. The second kappa shape index (κ2) is 10.9. The van der Waals surface area contributed by atoms with E-state index in [4.69, 9.17) is 9.84 Å². The molecule has 0 heterocycles. The number of aliphatic carboxylic acids is 1. The molecule has 96 valence electrons. The average molecular weight is 231 g/mol. The van der Waals surface area contributed by atoms with Crippen LogP contribution >= 0.6 is 0 Å². The molecule has 0 aromatic heterocycles. The maximum Gasteiger partial charge on any atom is 0.320 e. The maximum atomic E-state index is 10.9. The van der Waals surface area contributed by atoms with E-state index in [1.54, 1.807) is 7.11 Å². The van der Waals surface area contributed by atoms with E-state index in [-0.39, 0.29) is 0 Å². The summed E-state index contributed by atoms with van der Waals surface area (Å²) >= 11 is 0. The van der Waals surface area contributed by atoms with Gasteiger partial charge in [-0.3, -0.25) is 4.79 Å². The predicted molar refractivity (Wildman–Crippen MR) is 64.7 cm³/mol. The van der Waals surface area contributed by atoms with Gasteiger partial charge in [-0.2, -0.15) is 0 Å². The third-order valence-electron chi connectivity index (χ3n) is 2.59. The Bertz CT molecular complexity index is 174. The number of nitrogens with one attached hydrogen (secondary N) is 1. The predicted octanol–water partition coefficient (Wildman–Crippen LogP) is 2.04. The van der Waals surface area contributed by atoms with Gasteiger partial charge in [-0.25, -0.2) is 0 Å². The van der Waals surface area contributed by atoms with Gasteiger partial charge in [0.05, 0.1) is 6.61 Å². The number of hydrogen-bond acceptors (Lipinski definition) is 3. The van der Waals surface area contributed by atoms with Crippen molar-refractivity contribution in [1.82, 2.24) is 5.32 Å². The Morgan fingerprint density at radius 3 is 2.56 bits per heavy atom. The van der Waals surface area contributed by atoms with E-state index in [9.17, 15) is 4.79 Å². The number of carboxylic acid groups (broad SMARTS) is 1. The van der Waals surface area contributed by atoms with Crippen molar-refractivity contribution in [2.24, 2.45) is 0 Å². The van der Waals surface area contributed by atoms with Gasteiger partial charge in [-0.05, 0) is 6.42 Å². The molecule has 0 aliphatic rings. The van der Waals surface area contributed by atoms with Gasteiger partial charge in [0.2, 0.25) is 0 Å². The van der Waals surface area contributed by atoms with Crippen LogP contribution in [-0.2, 0) is 9.53 Å². The van der Waals surface area contributed by atoms with E-state index < -0.39 is 12.0 Å². The molecular formula is C12H25NO3. The summed E-state index contributed by atoms with van der Waals surface area (Å²) in [6.45, 7) is 3.33. The summed E-state index contributed by atoms with van der Waals surface area (Å²) in [5.74, 6) is -0.758. The first-order chi connectivity index (χ1) is 7.72. The molecule has 0 saturated carbocycles. The van der Waals surface area contributed by atoms with Crippen molar-refractivity contribution in [3.63, 3.8) is 0 Å². The summed E-state index contributed by atoms with van der Waals surface area (Å²) in [5.41, 5.74) is 0. The number of carbonyl (C=O) groups is 1. The number of ether oxygens (including phenoxy) is 1. The van der Waals surface area contributed by atoms with Crippen LogP contribution < -0.4 is 5.32 Å². The molecule has 0 fully saturated rings. The van der Waals surface area contributed by atoms with Crippen LogP contribution in [0.4, 0.5) is 0 Å². The molecule has 4 heteroatoms. The highest BCUT2D eigenvalue weighted by atomic mass is 16.5. The summed E-state index contributed by atoms with van der Waals surface area (Å²) in [7, 11) is 1.61. The second-order valence-corrected chi connectivity index (χ2v) is 4.04. The van der Waals surface area contributed by atoms with E-state index in [1.165, 1.54) is 19.3 Å². The molecule has 1 atom stereocenters. The second-order valence-electron chi connectivity index (χ2n) is 4.04. The number of rotatable bonds is 11. The normalized spacial score (nSPS) is 12.6. The zero-order valence-electron chi connectivity index (χ0n) is 10.5. The Kier molecular flexibility index (Phi) is 10.5. The third-order valence-corrected chi connectivity index (χ3v) is 2.59. The van der Waals surface area contributed by atoms with Crippen molar-refractivity contribution in [2.45, 2.75) is 51.5 Å². The molecule has 4 nitrogen and oxygen atoms in total. The lowest BCUT2D eigenvalue weighted by Crippen LogP contribution is -2.38. The zero-order valence-corrected chi connectivity index (χ0v) is 10.5. The van der Waals surface area contributed by atoms with E-state index >= 15 is 0 Å². The largest absolute Gasteiger partial charge is 0.480 e. The summed E-state index contributed by atoms with van der Waals surface area (Å²) in [5, 5.41) is 12.0. The summed E-state index contributed by atoms with van der Waals surface area (Å²) in [6.07, 6.45) is 6.49. The van der Waals surface area contributed by atoms with E-state index in [0.717, 1.165) is 12.8 Å². The first-order valence-electron chi connectivity index (χ1n) is 6.17. The monoisotopic (exact) mass is 231 g/mol. The van der Waals surface area contributed by atoms with Crippen LogP contribution in [0.3, 0.4) is 0 Å². The van der Waals surface area contributed by atoms with Crippen molar-refractivity contribution in [2.75, 3.05) is 20.3 Å². The topological polar surface area (TPSA) is 58.6 Å². The molecule has 2 N–H and O–H groups in total. The molecule has 0 bridgehead atoms. The number of unbranched alkanes of at least 4 members (excludes halogenated alkanes) is 4. The molecule has 0 radical (unpaired) electrons. The van der Waals surface area contributed by atoms with E-state index in [1.807, 2.05) is 0 Å². The maximum absolute atomic E-state index is 10.9. The minimum Gasteiger partial charge on any atom is -0.480 e. The van der Waals surface area contributed by atoms with Gasteiger partial charge in [-0.1, -0.05) is 39.0 Å². The average Bonchev–Trinajstić information content (AvgIpc) is 2.26. The SMILES string of the molecule is CCCCCCCC(NCCOC)C(=O)O. The molecule has 0 aromatic carbocycles. The van der Waals surface area contributed by atoms with Gasteiger partial charge in [0, 0.05) is 13.7 Å². The molecule has 0 rings (SSSR count). The number of hydrogen-bond donors (Lipinski definition) is 2. The van der Waals surface area contributed by atoms with Crippen LogP contribution in [0.15, 0.2) is 0 Å². The first-order valence-corrected chi connectivity index (χ1v) is 6.17. The summed E-state index contributed by atoms with van der Waals surface area (Å²) < 4.78 is 4.87. The minimum atomic E-state index is -0.758. The van der Waals surface area contributed by atoms with Gasteiger partial charge >= 0.3 is 5.97 Å². The van der Waals surface area contributed by atoms with Crippen molar-refractivity contribution in [3.8, 4) is 0 Å². The van der Waals surface area contributed by atoms with Crippen LogP contribution in [0.1, 0.15) is 45.4 Å². The smallest absolute Gasteiger partial charge is 0.320 e. The van der Waals surface area contributed by atoms with Crippen LogP contribution in [-0.4, -0.2) is 37.4 Å². The Balaban J connectivity index is 3.56. The third kappa shape index (κ3) is 8.68. The zero-order chi connectivity index (χ0) is 12.2. The van der Waals surface area contributed by atoms with Crippen molar-refractivity contribution >= 4 is 5.97 Å². The highest BCUT2D eigenvalue weighted by Gasteiger charge is 2.15. The Morgan fingerprint density at radius 1 is 1.31 bits per heavy atom. The molecule has 1 unspecified atom stereocenters. The molecule has 0 aromatic rings. The van der Waals surface area contributed by atoms with Gasteiger partial charge in [0.15, 0.2) is 0 Å². The van der Waals surface area contributed by atoms with Gasteiger partial charge < -0.3 is 15.2 Å².